The van der Waals surface area contributed by atoms with Gasteiger partial charge in [0.25, 0.3) is 11.7 Å². The number of aliphatic hydroxyl groups is 2. The molecule has 3 fully saturated rings. The fourth-order valence-corrected chi connectivity index (χ4v) is 8.73. The number of amides is 6. The van der Waals surface area contributed by atoms with Gasteiger partial charge in [-0.2, -0.15) is 0 Å². The highest BCUT2D eigenvalue weighted by atomic mass is 16.5. The highest BCUT2D eigenvalue weighted by molar-refractivity contribution is 5.94. The molecule has 0 bridgehead atoms. The summed E-state index contributed by atoms with van der Waals surface area (Å²) in [6.07, 6.45) is 5.34. The zero-order valence-corrected chi connectivity index (χ0v) is 32.2. The zero-order valence-electron chi connectivity index (χ0n) is 32.2. The molecule has 2 aliphatic carbocycles. The molecule has 6 N–H and O–H groups in total. The van der Waals surface area contributed by atoms with Crippen LogP contribution in [0.4, 0.5) is 4.79 Å². The van der Waals surface area contributed by atoms with Crippen molar-refractivity contribution in [2.24, 2.45) is 28.6 Å². The highest BCUT2D eigenvalue weighted by Gasteiger charge is 2.70. The average molecular weight is 737 g/mol. The van der Waals surface area contributed by atoms with Gasteiger partial charge in [-0.15, -0.1) is 6.58 Å². The lowest BCUT2D eigenvalue weighted by atomic mass is 9.86. The number of carbonyl (C=O) groups excluding carboxylic acids is 5. The first-order chi connectivity index (χ1) is 24.9. The molecule has 53 heavy (non-hydrogen) atoms. The number of carbonyl (C=O) groups is 5. The number of piperidine rings is 2. The van der Waals surface area contributed by atoms with E-state index >= 15 is 0 Å². The number of nitrogens with one attached hydrogen (secondary N) is 4. The summed E-state index contributed by atoms with van der Waals surface area (Å²) in [5, 5.41) is 33.2. The van der Waals surface area contributed by atoms with Crippen LogP contribution in [0.2, 0.25) is 0 Å². The fourth-order valence-electron chi connectivity index (χ4n) is 8.73. The Bertz CT molecular complexity index is 1550. The summed E-state index contributed by atoms with van der Waals surface area (Å²) in [6.45, 7) is 16.8. The number of hydrogen-bond acceptors (Lipinski definition) is 7. The van der Waals surface area contributed by atoms with Crippen molar-refractivity contribution in [1.82, 2.24) is 31.1 Å². The van der Waals surface area contributed by atoms with Crippen LogP contribution < -0.4 is 21.3 Å². The van der Waals surface area contributed by atoms with E-state index in [9.17, 15) is 34.2 Å². The van der Waals surface area contributed by atoms with Crippen molar-refractivity contribution in [3.8, 4) is 0 Å². The van der Waals surface area contributed by atoms with Gasteiger partial charge in [0.1, 0.15) is 12.1 Å². The minimum atomic E-state index is -2.90. The molecule has 292 valence electrons. The molecule has 0 radical (unpaired) electrons. The van der Waals surface area contributed by atoms with E-state index in [2.05, 4.69) is 41.7 Å². The van der Waals surface area contributed by atoms with Crippen LogP contribution in [0.3, 0.4) is 0 Å². The van der Waals surface area contributed by atoms with Crippen molar-refractivity contribution in [2.75, 3.05) is 26.2 Å². The lowest BCUT2D eigenvalue weighted by Gasteiger charge is -2.39. The topological polar surface area (TPSA) is 180 Å². The Morgan fingerprint density at radius 3 is 2.26 bits per heavy atom. The van der Waals surface area contributed by atoms with Gasteiger partial charge in [0.2, 0.25) is 17.7 Å². The first-order valence-electron chi connectivity index (χ1n) is 19.3. The number of hydrogen-bond donors (Lipinski definition) is 6. The molecule has 5 rings (SSSR count). The molecule has 2 saturated heterocycles. The van der Waals surface area contributed by atoms with E-state index in [1.807, 2.05) is 45.0 Å². The number of nitrogens with zero attached hydrogens (tertiary/aromatic N) is 2. The Morgan fingerprint density at radius 1 is 1.02 bits per heavy atom. The third-order valence-electron chi connectivity index (χ3n) is 12.2. The second-order valence-corrected chi connectivity index (χ2v) is 17.2. The zero-order chi connectivity index (χ0) is 38.9. The monoisotopic (exact) mass is 736 g/mol. The smallest absolute Gasteiger partial charge is 0.315 e. The summed E-state index contributed by atoms with van der Waals surface area (Å²) in [5.41, 5.74) is 1.57. The van der Waals surface area contributed by atoms with Gasteiger partial charge in [0.15, 0.2) is 0 Å². The highest BCUT2D eigenvalue weighted by Crippen LogP contribution is 2.65. The van der Waals surface area contributed by atoms with Gasteiger partial charge in [0, 0.05) is 32.6 Å². The average Bonchev–Trinajstić information content (AvgIpc) is 3.45. The van der Waals surface area contributed by atoms with Gasteiger partial charge in [-0.25, -0.2) is 4.79 Å². The van der Waals surface area contributed by atoms with Gasteiger partial charge in [-0.1, -0.05) is 78.3 Å². The van der Waals surface area contributed by atoms with Gasteiger partial charge < -0.3 is 41.3 Å². The molecule has 1 aromatic carbocycles. The molecule has 1 aromatic rings. The van der Waals surface area contributed by atoms with Crippen LogP contribution in [0.15, 0.2) is 36.9 Å². The molecule has 13 heteroatoms. The van der Waals surface area contributed by atoms with Crippen molar-refractivity contribution >= 4 is 29.7 Å². The van der Waals surface area contributed by atoms with Gasteiger partial charge in [-0.3, -0.25) is 19.2 Å². The minimum Gasteiger partial charge on any atom is -0.357 e. The normalized spacial score (nSPS) is 24.0. The number of likely N-dealkylation sites (tertiary alicyclic amines) is 2. The fraction of sp³-hybridized carbons (Fsp3) is 0.675. The minimum absolute atomic E-state index is 0.0111. The quantitative estimate of drug-likeness (QED) is 0.125. The largest absolute Gasteiger partial charge is 0.357 e. The molecule has 1 saturated carbocycles. The van der Waals surface area contributed by atoms with Crippen LogP contribution in [-0.2, 0) is 32.0 Å². The molecule has 6 atom stereocenters. The van der Waals surface area contributed by atoms with Crippen LogP contribution in [0.25, 0.3) is 0 Å². The first kappa shape index (κ1) is 40.2. The summed E-state index contributed by atoms with van der Waals surface area (Å²) >= 11 is 0. The summed E-state index contributed by atoms with van der Waals surface area (Å²) < 4.78 is 0. The number of rotatable bonds is 14. The SMILES string of the molecule is C=CCNC(=O)C(O)(O)[C@H](CCC)NC(=O)[C@@H]1[C@@H]2[C@H](CN1C(=O)[C@@H](NC(=O)N[C@H](CN1CCCCC1=O)C(C)(C)C)C1Cc3ccccc3C1)C2(C)C. The van der Waals surface area contributed by atoms with E-state index in [1.165, 1.54) is 6.08 Å². The van der Waals surface area contributed by atoms with E-state index in [0.717, 1.165) is 24.0 Å². The van der Waals surface area contributed by atoms with Crippen molar-refractivity contribution in [3.05, 3.63) is 48.0 Å². The molecular formula is C40H60N6O7. The summed E-state index contributed by atoms with van der Waals surface area (Å²) in [7, 11) is 0. The maximum atomic E-state index is 14.9. The Morgan fingerprint density at radius 2 is 1.68 bits per heavy atom. The van der Waals surface area contributed by atoms with Crippen molar-refractivity contribution in [1.29, 1.82) is 0 Å². The van der Waals surface area contributed by atoms with E-state index in [0.29, 0.717) is 45.3 Å². The van der Waals surface area contributed by atoms with Gasteiger partial charge >= 0.3 is 6.03 Å². The maximum Gasteiger partial charge on any atom is 0.315 e. The molecule has 0 spiro atoms. The Balaban J connectivity index is 1.40. The van der Waals surface area contributed by atoms with Crippen LogP contribution in [0.1, 0.15) is 84.8 Å². The summed E-state index contributed by atoms with van der Waals surface area (Å²) in [6, 6.07) is 3.80. The molecule has 0 unspecified atom stereocenters. The Kier molecular flexibility index (Phi) is 12.0. The predicted octanol–water partition coefficient (Wildman–Crippen LogP) is 2.25. The third kappa shape index (κ3) is 8.56. The lowest BCUT2D eigenvalue weighted by Crippen LogP contribution is -2.64. The second kappa shape index (κ2) is 15.8. The molecule has 2 heterocycles. The number of fused-ring (bicyclic) bond motifs is 2. The van der Waals surface area contributed by atoms with Crippen molar-refractivity contribution in [3.63, 3.8) is 0 Å². The van der Waals surface area contributed by atoms with Crippen LogP contribution >= 0.6 is 0 Å². The molecule has 0 aromatic heterocycles. The van der Waals surface area contributed by atoms with Gasteiger partial charge in [-0.05, 0) is 71.8 Å². The van der Waals surface area contributed by atoms with E-state index in [1.54, 1.807) is 16.7 Å². The van der Waals surface area contributed by atoms with Crippen LogP contribution in [0, 0.1) is 28.6 Å². The summed E-state index contributed by atoms with van der Waals surface area (Å²) in [4.78, 5) is 71.9. The standard InChI is InChI=1S/C40H60N6O7/c1-8-14-28(40(52,53)36(50)41-18-9-2)42-34(48)33-31-27(39(31,6)7)22-46(33)35(49)32(26-20-24-15-10-11-16-25(24)21-26)44-37(51)43-29(38(3,4)5)23-45-19-13-12-17-30(45)47/h9-11,15-16,26-29,31-33,52-53H,2,8,12-14,17-23H2,1,3-7H3,(H,41,50)(H,42,48)(H2,43,44,51)/t27-,28-,29+,31-,32-,33-/m0/s1. The van der Waals surface area contributed by atoms with E-state index < -0.39 is 53.2 Å². The van der Waals surface area contributed by atoms with E-state index in [-0.39, 0.29) is 47.9 Å². The van der Waals surface area contributed by atoms with E-state index in [4.69, 9.17) is 0 Å². The molecule has 13 nitrogen and oxygen atoms in total. The Labute approximate surface area is 313 Å². The van der Waals surface area contributed by atoms with Crippen molar-refractivity contribution in [2.45, 2.75) is 116 Å². The van der Waals surface area contributed by atoms with Crippen molar-refractivity contribution < 1.29 is 34.2 Å². The molecule has 4 aliphatic rings. The maximum absolute atomic E-state index is 14.9. The Hall–Kier alpha value is -3.97. The molecular weight excluding hydrogens is 676 g/mol. The molecule has 2 aliphatic heterocycles. The third-order valence-corrected chi connectivity index (χ3v) is 12.2. The van der Waals surface area contributed by atoms with Crippen LogP contribution in [0.5, 0.6) is 0 Å². The lowest BCUT2D eigenvalue weighted by molar-refractivity contribution is -0.197. The van der Waals surface area contributed by atoms with Gasteiger partial charge in [0.05, 0.1) is 12.1 Å². The second-order valence-electron chi connectivity index (χ2n) is 17.2. The molecule has 6 amide bonds. The number of benzene rings is 1. The summed E-state index contributed by atoms with van der Waals surface area (Å²) in [5.74, 6) is -5.29. The van der Waals surface area contributed by atoms with Crippen LogP contribution in [-0.4, -0.2) is 106 Å². The first-order valence-corrected chi connectivity index (χ1v) is 19.3. The predicted molar refractivity (Wildman–Crippen MR) is 200 cm³/mol. The number of urea groups is 1.